The van der Waals surface area contributed by atoms with E-state index in [-0.39, 0.29) is 17.6 Å². The smallest absolute Gasteiger partial charge is 0.270 e. The van der Waals surface area contributed by atoms with Gasteiger partial charge in [0, 0.05) is 43.2 Å². The Morgan fingerprint density at radius 2 is 2.13 bits per heavy atom. The minimum atomic E-state index is -0.444. The molecule has 23 heavy (non-hydrogen) atoms. The zero-order valence-corrected chi connectivity index (χ0v) is 12.8. The van der Waals surface area contributed by atoms with Crippen molar-refractivity contribution in [3.63, 3.8) is 0 Å². The summed E-state index contributed by atoms with van der Waals surface area (Å²) in [5, 5.41) is 10.8. The highest BCUT2D eigenvalue weighted by atomic mass is 16.6. The van der Waals surface area contributed by atoms with Crippen LogP contribution in [0.1, 0.15) is 24.2 Å². The molecule has 0 spiro atoms. The molecule has 0 saturated carbocycles. The summed E-state index contributed by atoms with van der Waals surface area (Å²) >= 11 is 0. The molecular formula is C17H17N3O3. The lowest BCUT2D eigenvalue weighted by Crippen LogP contribution is -2.39. The third-order valence-corrected chi connectivity index (χ3v) is 4.12. The van der Waals surface area contributed by atoms with E-state index in [0.29, 0.717) is 12.1 Å². The normalized spacial score (nSPS) is 17.3. The number of fused-ring (bicyclic) bond motifs is 1. The first kappa shape index (κ1) is 15.0. The Bertz CT molecular complexity index is 779. The van der Waals surface area contributed by atoms with E-state index in [1.54, 1.807) is 18.2 Å². The number of amides is 1. The summed E-state index contributed by atoms with van der Waals surface area (Å²) in [7, 11) is 0. The molecule has 1 aromatic heterocycles. The summed E-state index contributed by atoms with van der Waals surface area (Å²) in [6.45, 7) is 3.44. The van der Waals surface area contributed by atoms with Gasteiger partial charge in [0.25, 0.3) is 5.69 Å². The molecule has 1 amide bonds. The van der Waals surface area contributed by atoms with Crippen LogP contribution in [0.5, 0.6) is 0 Å². The molecule has 6 heteroatoms. The molecule has 2 aromatic rings. The largest absolute Gasteiger partial charge is 0.348 e. The molecular weight excluding hydrogens is 294 g/mol. The van der Waals surface area contributed by atoms with Crippen LogP contribution in [0.2, 0.25) is 0 Å². The summed E-state index contributed by atoms with van der Waals surface area (Å²) < 4.78 is 2.15. The lowest BCUT2D eigenvalue weighted by molar-refractivity contribution is -0.384. The van der Waals surface area contributed by atoms with Crippen molar-refractivity contribution in [2.75, 3.05) is 6.54 Å². The topological polar surface area (TPSA) is 68.4 Å². The number of carbonyl (C=O) groups excluding carboxylic acids is 1. The second-order valence-corrected chi connectivity index (χ2v) is 5.52. The average Bonchev–Trinajstić information content (AvgIpc) is 3.03. The first-order chi connectivity index (χ1) is 11.1. The fourth-order valence-electron chi connectivity index (χ4n) is 2.89. The van der Waals surface area contributed by atoms with Crippen LogP contribution in [0.3, 0.4) is 0 Å². The standard InChI is InChI=1S/C17H17N3O3/c1-13-16-6-3-9-18(16)10-11-19(13)17(21)8-7-14-4-2-5-15(12-14)20(22)23/h2-9,12-13H,10-11H2,1H3/b8-7+/t13-/m0/s1. The molecule has 0 saturated heterocycles. The highest BCUT2D eigenvalue weighted by Gasteiger charge is 2.25. The molecule has 0 fully saturated rings. The number of rotatable bonds is 3. The first-order valence-corrected chi connectivity index (χ1v) is 7.44. The van der Waals surface area contributed by atoms with Gasteiger partial charge in [-0.1, -0.05) is 12.1 Å². The quantitative estimate of drug-likeness (QED) is 0.497. The van der Waals surface area contributed by atoms with E-state index in [1.807, 2.05) is 30.2 Å². The van der Waals surface area contributed by atoms with Crippen LogP contribution in [0.25, 0.3) is 6.08 Å². The van der Waals surface area contributed by atoms with Crippen LogP contribution in [-0.4, -0.2) is 26.8 Å². The Balaban J connectivity index is 1.75. The molecule has 1 aliphatic rings. The van der Waals surface area contributed by atoms with Gasteiger partial charge >= 0.3 is 0 Å². The van der Waals surface area contributed by atoms with Crippen LogP contribution in [-0.2, 0) is 11.3 Å². The Labute approximate surface area is 133 Å². The van der Waals surface area contributed by atoms with Gasteiger partial charge in [-0.15, -0.1) is 0 Å². The molecule has 2 heterocycles. The van der Waals surface area contributed by atoms with Crippen LogP contribution >= 0.6 is 0 Å². The fraction of sp³-hybridized carbons (Fsp3) is 0.235. The van der Waals surface area contributed by atoms with Gasteiger partial charge in [-0.2, -0.15) is 0 Å². The van der Waals surface area contributed by atoms with Gasteiger partial charge in [-0.25, -0.2) is 0 Å². The summed E-state index contributed by atoms with van der Waals surface area (Å²) in [6.07, 6.45) is 5.12. The van der Waals surface area contributed by atoms with Gasteiger partial charge in [0.15, 0.2) is 0 Å². The Morgan fingerprint density at radius 3 is 2.91 bits per heavy atom. The number of hydrogen-bond donors (Lipinski definition) is 0. The van der Waals surface area contributed by atoms with Crippen molar-refractivity contribution in [3.8, 4) is 0 Å². The molecule has 0 unspecified atom stereocenters. The van der Waals surface area contributed by atoms with E-state index in [4.69, 9.17) is 0 Å². The number of nitrogens with zero attached hydrogens (tertiary/aromatic N) is 3. The molecule has 1 atom stereocenters. The van der Waals surface area contributed by atoms with Gasteiger partial charge < -0.3 is 9.47 Å². The van der Waals surface area contributed by atoms with Gasteiger partial charge in [-0.05, 0) is 30.7 Å². The zero-order chi connectivity index (χ0) is 16.4. The van der Waals surface area contributed by atoms with Crippen molar-refractivity contribution in [2.45, 2.75) is 19.5 Å². The second-order valence-electron chi connectivity index (χ2n) is 5.52. The maximum Gasteiger partial charge on any atom is 0.270 e. The first-order valence-electron chi connectivity index (χ1n) is 7.44. The van der Waals surface area contributed by atoms with Crippen molar-refractivity contribution < 1.29 is 9.72 Å². The van der Waals surface area contributed by atoms with Gasteiger partial charge in [0.05, 0.1) is 11.0 Å². The minimum absolute atomic E-state index is 0.0148. The van der Waals surface area contributed by atoms with Crippen LogP contribution < -0.4 is 0 Å². The number of benzene rings is 1. The van der Waals surface area contributed by atoms with E-state index in [1.165, 1.54) is 18.2 Å². The number of non-ortho nitro benzene ring substituents is 1. The lowest BCUT2D eigenvalue weighted by atomic mass is 10.1. The summed E-state index contributed by atoms with van der Waals surface area (Å²) in [6, 6.07) is 10.3. The summed E-state index contributed by atoms with van der Waals surface area (Å²) in [5.41, 5.74) is 1.78. The van der Waals surface area contributed by atoms with Crippen LogP contribution in [0.4, 0.5) is 5.69 Å². The number of nitro groups is 1. The Morgan fingerprint density at radius 1 is 1.30 bits per heavy atom. The SMILES string of the molecule is C[C@H]1c2cccn2CCN1C(=O)/C=C/c1cccc([N+](=O)[O-])c1. The Hall–Kier alpha value is -2.89. The van der Waals surface area contributed by atoms with E-state index in [9.17, 15) is 14.9 Å². The van der Waals surface area contributed by atoms with Crippen LogP contribution in [0.15, 0.2) is 48.7 Å². The van der Waals surface area contributed by atoms with Crippen molar-refractivity contribution in [2.24, 2.45) is 0 Å². The number of aromatic nitrogens is 1. The average molecular weight is 311 g/mol. The fourth-order valence-corrected chi connectivity index (χ4v) is 2.89. The molecule has 3 rings (SSSR count). The van der Waals surface area contributed by atoms with Gasteiger partial charge in [-0.3, -0.25) is 14.9 Å². The number of nitro benzene ring substituents is 1. The summed E-state index contributed by atoms with van der Waals surface area (Å²) in [5.74, 6) is -0.0866. The van der Waals surface area contributed by atoms with Gasteiger partial charge in [0.2, 0.25) is 5.91 Å². The molecule has 1 aromatic carbocycles. The van der Waals surface area contributed by atoms with E-state index < -0.39 is 4.92 Å². The maximum absolute atomic E-state index is 12.4. The van der Waals surface area contributed by atoms with E-state index in [2.05, 4.69) is 4.57 Å². The summed E-state index contributed by atoms with van der Waals surface area (Å²) in [4.78, 5) is 24.6. The highest BCUT2D eigenvalue weighted by Crippen LogP contribution is 2.25. The highest BCUT2D eigenvalue weighted by molar-refractivity contribution is 5.92. The zero-order valence-electron chi connectivity index (χ0n) is 12.8. The lowest BCUT2D eigenvalue weighted by Gasteiger charge is -2.34. The molecule has 0 N–H and O–H groups in total. The van der Waals surface area contributed by atoms with E-state index >= 15 is 0 Å². The third-order valence-electron chi connectivity index (χ3n) is 4.12. The third kappa shape index (κ3) is 3.01. The minimum Gasteiger partial charge on any atom is -0.348 e. The van der Waals surface area contributed by atoms with Gasteiger partial charge in [0.1, 0.15) is 0 Å². The van der Waals surface area contributed by atoms with Crippen molar-refractivity contribution in [1.29, 1.82) is 0 Å². The molecule has 0 aliphatic carbocycles. The maximum atomic E-state index is 12.4. The number of hydrogen-bond acceptors (Lipinski definition) is 3. The number of carbonyl (C=O) groups is 1. The molecule has 118 valence electrons. The monoisotopic (exact) mass is 311 g/mol. The second kappa shape index (κ2) is 6.08. The van der Waals surface area contributed by atoms with Crippen molar-refractivity contribution >= 4 is 17.7 Å². The predicted molar refractivity (Wildman–Crippen MR) is 86.7 cm³/mol. The molecule has 6 nitrogen and oxygen atoms in total. The van der Waals surface area contributed by atoms with Crippen molar-refractivity contribution in [3.05, 3.63) is 70.0 Å². The van der Waals surface area contributed by atoms with E-state index in [0.717, 1.165) is 12.2 Å². The van der Waals surface area contributed by atoms with Crippen LogP contribution in [0, 0.1) is 10.1 Å². The molecule has 0 bridgehead atoms. The molecule has 1 aliphatic heterocycles. The predicted octanol–water partition coefficient (Wildman–Crippen LogP) is 3.01. The molecule has 0 radical (unpaired) electrons. The van der Waals surface area contributed by atoms with Crippen molar-refractivity contribution in [1.82, 2.24) is 9.47 Å². The Kier molecular flexibility index (Phi) is 3.97.